The Morgan fingerprint density at radius 1 is 1.57 bits per heavy atom. The molecule has 0 aromatic heterocycles. The molecule has 0 spiro atoms. The second-order valence-corrected chi connectivity index (χ2v) is 4.11. The fourth-order valence-electron chi connectivity index (χ4n) is 0.608. The van der Waals surface area contributed by atoms with E-state index < -0.39 is 5.60 Å². The van der Waals surface area contributed by atoms with E-state index in [1.54, 1.807) is 0 Å². The van der Waals surface area contributed by atoms with Gasteiger partial charge in [0.15, 0.2) is 0 Å². The Morgan fingerprint density at radius 3 is 2.07 bits per heavy atom. The van der Waals surface area contributed by atoms with Crippen molar-refractivity contribution < 1.29 is 14.6 Å². The summed E-state index contributed by atoms with van der Waals surface area (Å²) in [5, 5.41) is 11.8. The summed E-state index contributed by atoms with van der Waals surface area (Å²) in [6.07, 6.45) is 4.93. The van der Waals surface area contributed by atoms with Gasteiger partial charge in [0.25, 0.3) is 6.47 Å². The molecule has 0 aromatic carbocycles. The van der Waals surface area contributed by atoms with E-state index in [9.17, 15) is 4.79 Å². The number of aliphatic hydroxyl groups is 1. The van der Waals surface area contributed by atoms with Crippen LogP contribution in [0.15, 0.2) is 0 Å². The summed E-state index contributed by atoms with van der Waals surface area (Å²) in [5.41, 5.74) is -1.14. The van der Waals surface area contributed by atoms with Crippen LogP contribution in [0.1, 0.15) is 20.8 Å². The number of hydrogen-bond donors (Lipinski definition) is 2. The molecule has 1 heterocycles. The molecule has 4 nitrogen and oxygen atoms in total. The Kier molecular flexibility index (Phi) is 4.61. The monoisotopic (exact) mass is 199 g/mol. The standard InChI is InChI=1S/C5H7NO.C5H10O2/c1-2-5(7)3-6-4-5;1-5(2,3)7-4-6/h1,6-7H,3-4H2;4H,1-3H3. The molecule has 2 N–H and O–H groups in total. The summed E-state index contributed by atoms with van der Waals surface area (Å²) in [6, 6.07) is 0. The minimum atomic E-state index is -0.819. The van der Waals surface area contributed by atoms with Gasteiger partial charge in [-0.3, -0.25) is 4.79 Å². The van der Waals surface area contributed by atoms with Gasteiger partial charge in [-0.25, -0.2) is 0 Å². The highest BCUT2D eigenvalue weighted by Gasteiger charge is 2.31. The SMILES string of the molecule is C#CC1(O)CNC1.CC(C)(C)OC=O. The van der Waals surface area contributed by atoms with Crippen molar-refractivity contribution in [3.8, 4) is 12.3 Å². The van der Waals surface area contributed by atoms with Crippen molar-refractivity contribution in [2.24, 2.45) is 0 Å². The molecule has 0 atom stereocenters. The molecule has 1 fully saturated rings. The highest BCUT2D eigenvalue weighted by Crippen LogP contribution is 2.06. The molecular weight excluding hydrogens is 182 g/mol. The van der Waals surface area contributed by atoms with Crippen molar-refractivity contribution in [3.05, 3.63) is 0 Å². The second-order valence-electron chi connectivity index (χ2n) is 4.11. The van der Waals surface area contributed by atoms with E-state index in [4.69, 9.17) is 11.5 Å². The average molecular weight is 199 g/mol. The normalized spacial score (nSPS) is 17.9. The lowest BCUT2D eigenvalue weighted by molar-refractivity contribution is -0.138. The zero-order chi connectivity index (χ0) is 11.2. The highest BCUT2D eigenvalue weighted by molar-refractivity contribution is 5.37. The van der Waals surface area contributed by atoms with E-state index in [2.05, 4.69) is 16.0 Å². The largest absolute Gasteiger partial charge is 0.462 e. The summed E-state index contributed by atoms with van der Waals surface area (Å²) in [5.74, 6) is 2.27. The van der Waals surface area contributed by atoms with E-state index in [0.717, 1.165) is 0 Å². The van der Waals surface area contributed by atoms with Gasteiger partial charge in [0.1, 0.15) is 11.2 Å². The third kappa shape index (κ3) is 5.57. The predicted molar refractivity (Wildman–Crippen MR) is 53.6 cm³/mol. The van der Waals surface area contributed by atoms with Crippen molar-refractivity contribution in [1.82, 2.24) is 5.32 Å². The fourth-order valence-corrected chi connectivity index (χ4v) is 0.608. The minimum Gasteiger partial charge on any atom is -0.462 e. The number of nitrogens with one attached hydrogen (secondary N) is 1. The van der Waals surface area contributed by atoms with Crippen LogP contribution in [0, 0.1) is 12.3 Å². The summed E-state index contributed by atoms with van der Waals surface area (Å²) < 4.78 is 4.55. The van der Waals surface area contributed by atoms with Crippen LogP contribution in [0.25, 0.3) is 0 Å². The molecule has 1 aliphatic rings. The van der Waals surface area contributed by atoms with Gasteiger partial charge in [0.2, 0.25) is 0 Å². The number of carbonyl (C=O) groups is 1. The summed E-state index contributed by atoms with van der Waals surface area (Å²) >= 11 is 0. The lowest BCUT2D eigenvalue weighted by Crippen LogP contribution is -2.58. The molecule has 0 bridgehead atoms. The van der Waals surface area contributed by atoms with E-state index in [1.165, 1.54) is 0 Å². The van der Waals surface area contributed by atoms with Crippen LogP contribution in [0.5, 0.6) is 0 Å². The fraction of sp³-hybridized carbons (Fsp3) is 0.700. The minimum absolute atomic E-state index is 0.318. The van der Waals surface area contributed by atoms with Crippen LogP contribution >= 0.6 is 0 Å². The lowest BCUT2D eigenvalue weighted by Gasteiger charge is -2.32. The molecule has 1 rings (SSSR count). The van der Waals surface area contributed by atoms with Crippen molar-refractivity contribution >= 4 is 6.47 Å². The third-order valence-electron chi connectivity index (χ3n) is 1.51. The first-order valence-electron chi connectivity index (χ1n) is 4.35. The molecule has 0 aromatic rings. The second kappa shape index (κ2) is 4.99. The Bertz CT molecular complexity index is 221. The van der Waals surface area contributed by atoms with Crippen LogP contribution in [0.4, 0.5) is 0 Å². The molecule has 4 heteroatoms. The molecule has 0 amide bonds. The molecule has 14 heavy (non-hydrogen) atoms. The summed E-state index contributed by atoms with van der Waals surface area (Å²) in [4.78, 5) is 9.60. The van der Waals surface area contributed by atoms with Gasteiger partial charge < -0.3 is 15.2 Å². The van der Waals surface area contributed by atoms with Gasteiger partial charge >= 0.3 is 0 Å². The first-order chi connectivity index (χ1) is 6.33. The van der Waals surface area contributed by atoms with E-state index >= 15 is 0 Å². The molecule has 0 unspecified atom stereocenters. The average Bonchev–Trinajstić information content (AvgIpc) is 1.99. The van der Waals surface area contributed by atoms with Gasteiger partial charge in [-0.1, -0.05) is 5.92 Å². The zero-order valence-corrected chi connectivity index (χ0v) is 8.83. The number of hydrogen-bond acceptors (Lipinski definition) is 4. The van der Waals surface area contributed by atoms with Crippen LogP contribution < -0.4 is 5.32 Å². The number of terminal acetylenes is 1. The third-order valence-corrected chi connectivity index (χ3v) is 1.51. The van der Waals surface area contributed by atoms with Crippen LogP contribution in [-0.2, 0) is 9.53 Å². The van der Waals surface area contributed by atoms with Crippen molar-refractivity contribution in [3.63, 3.8) is 0 Å². The van der Waals surface area contributed by atoms with Crippen molar-refractivity contribution in [2.45, 2.75) is 32.0 Å². The number of rotatable bonds is 1. The zero-order valence-electron chi connectivity index (χ0n) is 8.83. The van der Waals surface area contributed by atoms with Gasteiger partial charge in [-0.2, -0.15) is 0 Å². The molecule has 80 valence electrons. The smallest absolute Gasteiger partial charge is 0.293 e. The van der Waals surface area contributed by atoms with Gasteiger partial charge in [0.05, 0.1) is 0 Å². The predicted octanol–water partition coefficient (Wildman–Crippen LogP) is -0.0882. The van der Waals surface area contributed by atoms with Crippen LogP contribution in [0.2, 0.25) is 0 Å². The Labute approximate surface area is 84.6 Å². The van der Waals surface area contributed by atoms with Crippen LogP contribution in [-0.4, -0.2) is 35.9 Å². The maximum atomic E-state index is 9.60. The van der Waals surface area contributed by atoms with Gasteiger partial charge in [-0.05, 0) is 20.8 Å². The maximum absolute atomic E-state index is 9.60. The van der Waals surface area contributed by atoms with E-state index in [1.807, 2.05) is 20.8 Å². The van der Waals surface area contributed by atoms with E-state index in [-0.39, 0.29) is 5.60 Å². The topological polar surface area (TPSA) is 58.6 Å². The maximum Gasteiger partial charge on any atom is 0.293 e. The quantitative estimate of drug-likeness (QED) is 0.458. The number of β-amino-alcohol motifs (C(OH)–C–C–N with tert-alkyl or cyclic N) is 1. The molecule has 0 radical (unpaired) electrons. The van der Waals surface area contributed by atoms with Crippen LogP contribution in [0.3, 0.4) is 0 Å². The van der Waals surface area contributed by atoms with E-state index in [0.29, 0.717) is 19.6 Å². The number of ether oxygens (including phenoxy) is 1. The molecule has 1 saturated heterocycles. The van der Waals surface area contributed by atoms with Crippen molar-refractivity contribution in [1.29, 1.82) is 0 Å². The van der Waals surface area contributed by atoms with Crippen molar-refractivity contribution in [2.75, 3.05) is 13.1 Å². The van der Waals surface area contributed by atoms with Gasteiger partial charge in [0, 0.05) is 13.1 Å². The Balaban J connectivity index is 0.000000241. The van der Waals surface area contributed by atoms with Gasteiger partial charge in [-0.15, -0.1) is 6.42 Å². The first kappa shape index (κ1) is 12.9. The first-order valence-corrected chi connectivity index (χ1v) is 4.35. The molecular formula is C10H17NO3. The summed E-state index contributed by atoms with van der Waals surface area (Å²) in [6.45, 7) is 7.01. The Morgan fingerprint density at radius 2 is 2.07 bits per heavy atom. The highest BCUT2D eigenvalue weighted by atomic mass is 16.5. The molecule has 0 aliphatic carbocycles. The number of carbonyl (C=O) groups excluding carboxylic acids is 1. The molecule has 0 saturated carbocycles. The summed E-state index contributed by atoms with van der Waals surface area (Å²) in [7, 11) is 0. The Hall–Kier alpha value is -1.05. The lowest BCUT2D eigenvalue weighted by atomic mass is 9.99. The molecule has 1 aliphatic heterocycles.